The number of nitrogens with one attached hydrogen (secondary N) is 1. The Bertz CT molecular complexity index is 651. The Hall–Kier alpha value is -2.23. The predicted octanol–water partition coefficient (Wildman–Crippen LogP) is 2.71. The molecule has 0 radical (unpaired) electrons. The van der Waals surface area contributed by atoms with E-state index >= 15 is 0 Å². The van der Waals surface area contributed by atoms with E-state index in [0.29, 0.717) is 5.82 Å². The van der Waals surface area contributed by atoms with E-state index in [1.807, 2.05) is 31.2 Å². The van der Waals surface area contributed by atoms with E-state index in [1.54, 1.807) is 6.20 Å². The molecule has 16 heavy (non-hydrogen) atoms. The molecule has 0 amide bonds. The van der Waals surface area contributed by atoms with Crippen LogP contribution in [0.25, 0.3) is 22.1 Å². The van der Waals surface area contributed by atoms with Crippen molar-refractivity contribution in [2.24, 2.45) is 0 Å². The molecule has 4 heteroatoms. The number of anilines is 1. The van der Waals surface area contributed by atoms with Crippen LogP contribution in [0.3, 0.4) is 0 Å². The number of hydrogen-bond acceptors (Lipinski definition) is 3. The van der Waals surface area contributed by atoms with Gasteiger partial charge in [0.1, 0.15) is 17.2 Å². The maximum absolute atomic E-state index is 5.78. The van der Waals surface area contributed by atoms with E-state index < -0.39 is 0 Å². The van der Waals surface area contributed by atoms with Gasteiger partial charge >= 0.3 is 0 Å². The third-order valence-electron chi connectivity index (χ3n) is 2.62. The van der Waals surface area contributed by atoms with Crippen molar-refractivity contribution >= 4 is 16.8 Å². The summed E-state index contributed by atoms with van der Waals surface area (Å²) in [6.45, 7) is 1.94. The molecule has 4 nitrogen and oxygen atoms in total. The summed E-state index contributed by atoms with van der Waals surface area (Å²) in [5.41, 5.74) is 8.63. The van der Waals surface area contributed by atoms with Gasteiger partial charge in [-0.1, -0.05) is 6.07 Å². The molecule has 3 N–H and O–H groups in total. The minimum Gasteiger partial charge on any atom is -0.461 e. The minimum atomic E-state index is 0.583. The Balaban J connectivity index is 2.22. The molecule has 1 aromatic carbocycles. The van der Waals surface area contributed by atoms with Gasteiger partial charge in [-0.25, -0.2) is 0 Å². The first kappa shape index (κ1) is 9.03. The number of nitrogen functional groups attached to an aromatic ring is 1. The molecule has 0 fully saturated rings. The van der Waals surface area contributed by atoms with E-state index in [9.17, 15) is 0 Å². The second-order valence-electron chi connectivity index (χ2n) is 3.81. The van der Waals surface area contributed by atoms with Crippen LogP contribution in [-0.2, 0) is 0 Å². The van der Waals surface area contributed by atoms with E-state index in [1.165, 1.54) is 0 Å². The van der Waals surface area contributed by atoms with Crippen molar-refractivity contribution in [3.8, 4) is 11.1 Å². The second-order valence-corrected chi connectivity index (χ2v) is 3.81. The van der Waals surface area contributed by atoms with Gasteiger partial charge in [0.15, 0.2) is 0 Å². The van der Waals surface area contributed by atoms with Gasteiger partial charge in [-0.05, 0) is 30.7 Å². The summed E-state index contributed by atoms with van der Waals surface area (Å²) in [6.07, 6.45) is 1.73. The lowest BCUT2D eigenvalue weighted by molar-refractivity contribution is 0.578. The van der Waals surface area contributed by atoms with Crippen LogP contribution in [0.2, 0.25) is 0 Å². The summed E-state index contributed by atoms with van der Waals surface area (Å²) in [6, 6.07) is 7.98. The third-order valence-corrected chi connectivity index (χ3v) is 2.62. The van der Waals surface area contributed by atoms with Gasteiger partial charge in [-0.15, -0.1) is 0 Å². The number of hydrogen-bond donors (Lipinski definition) is 2. The van der Waals surface area contributed by atoms with Crippen molar-refractivity contribution in [3.05, 3.63) is 36.2 Å². The fraction of sp³-hybridized carbons (Fsp3) is 0.0833. The summed E-state index contributed by atoms with van der Waals surface area (Å²) in [5, 5.41) is 7.71. The van der Waals surface area contributed by atoms with Gasteiger partial charge in [-0.3, -0.25) is 5.10 Å². The largest absolute Gasteiger partial charge is 0.461 e. The van der Waals surface area contributed by atoms with Crippen LogP contribution < -0.4 is 5.73 Å². The molecule has 3 rings (SSSR count). The molecule has 0 aliphatic carbocycles. The second kappa shape index (κ2) is 3.13. The van der Waals surface area contributed by atoms with E-state index in [0.717, 1.165) is 27.9 Å². The van der Waals surface area contributed by atoms with Crippen LogP contribution in [-0.4, -0.2) is 10.2 Å². The predicted molar refractivity (Wildman–Crippen MR) is 62.9 cm³/mol. The van der Waals surface area contributed by atoms with Gasteiger partial charge in [-0.2, -0.15) is 5.10 Å². The average molecular weight is 213 g/mol. The number of aryl methyl sites for hydroxylation is 1. The maximum atomic E-state index is 5.78. The maximum Gasteiger partial charge on any atom is 0.134 e. The molecule has 0 atom stereocenters. The van der Waals surface area contributed by atoms with Crippen molar-refractivity contribution in [2.75, 3.05) is 5.73 Å². The zero-order valence-electron chi connectivity index (χ0n) is 8.82. The molecule has 2 aromatic heterocycles. The Morgan fingerprint density at radius 1 is 1.31 bits per heavy atom. The lowest BCUT2D eigenvalue weighted by Crippen LogP contribution is -1.87. The highest BCUT2D eigenvalue weighted by Crippen LogP contribution is 2.28. The zero-order chi connectivity index (χ0) is 11.1. The van der Waals surface area contributed by atoms with Gasteiger partial charge in [0, 0.05) is 10.9 Å². The summed E-state index contributed by atoms with van der Waals surface area (Å²) in [7, 11) is 0. The van der Waals surface area contributed by atoms with Gasteiger partial charge in [0.25, 0.3) is 0 Å². The Kier molecular flexibility index (Phi) is 1.77. The first-order valence-electron chi connectivity index (χ1n) is 5.03. The van der Waals surface area contributed by atoms with Crippen LogP contribution in [0.4, 0.5) is 5.82 Å². The van der Waals surface area contributed by atoms with Crippen molar-refractivity contribution in [1.82, 2.24) is 10.2 Å². The molecule has 0 saturated carbocycles. The smallest absolute Gasteiger partial charge is 0.134 e. The molecule has 3 aromatic rings. The molecular weight excluding hydrogens is 202 g/mol. The monoisotopic (exact) mass is 213 g/mol. The van der Waals surface area contributed by atoms with Crippen molar-refractivity contribution in [3.63, 3.8) is 0 Å². The van der Waals surface area contributed by atoms with Crippen LogP contribution in [0.5, 0.6) is 0 Å². The molecule has 0 spiro atoms. The number of furan rings is 1. The fourth-order valence-corrected chi connectivity index (χ4v) is 1.87. The van der Waals surface area contributed by atoms with Crippen LogP contribution in [0, 0.1) is 6.92 Å². The van der Waals surface area contributed by atoms with Gasteiger partial charge < -0.3 is 10.2 Å². The van der Waals surface area contributed by atoms with Crippen LogP contribution >= 0.6 is 0 Å². The molecule has 0 aliphatic rings. The standard InChI is InChI=1S/C12H11N3O/c1-7-4-9-5-8(2-3-11(9)16-7)10-6-14-15-12(10)13/h2-6H,1H3,(H3,13,14,15). The van der Waals surface area contributed by atoms with Crippen LogP contribution in [0.15, 0.2) is 34.9 Å². The number of nitrogens with zero attached hydrogens (tertiary/aromatic N) is 1. The van der Waals surface area contributed by atoms with Gasteiger partial charge in [0.2, 0.25) is 0 Å². The SMILES string of the molecule is Cc1cc2cc(-c3cn[nH]c3N)ccc2o1. The normalized spacial score (nSPS) is 11.1. The van der Waals surface area contributed by atoms with Crippen molar-refractivity contribution in [2.45, 2.75) is 6.92 Å². The molecular formula is C12H11N3O. The van der Waals surface area contributed by atoms with Crippen LogP contribution in [0.1, 0.15) is 5.76 Å². The molecule has 0 saturated heterocycles. The Labute approximate surface area is 92.1 Å². The summed E-state index contributed by atoms with van der Waals surface area (Å²) in [4.78, 5) is 0. The van der Waals surface area contributed by atoms with Crippen molar-refractivity contribution in [1.29, 1.82) is 0 Å². The first-order valence-corrected chi connectivity index (χ1v) is 5.03. The Morgan fingerprint density at radius 2 is 2.19 bits per heavy atom. The fourth-order valence-electron chi connectivity index (χ4n) is 1.87. The van der Waals surface area contributed by atoms with E-state index in [4.69, 9.17) is 10.2 Å². The minimum absolute atomic E-state index is 0.583. The van der Waals surface area contributed by atoms with E-state index in [2.05, 4.69) is 10.2 Å². The lowest BCUT2D eigenvalue weighted by atomic mass is 10.1. The topological polar surface area (TPSA) is 67.8 Å². The molecule has 0 bridgehead atoms. The summed E-state index contributed by atoms with van der Waals surface area (Å²) >= 11 is 0. The highest BCUT2D eigenvalue weighted by molar-refractivity contribution is 5.86. The number of fused-ring (bicyclic) bond motifs is 1. The Morgan fingerprint density at radius 3 is 2.94 bits per heavy atom. The molecule has 80 valence electrons. The number of aromatic amines is 1. The highest BCUT2D eigenvalue weighted by Gasteiger charge is 2.07. The molecule has 2 heterocycles. The molecule has 0 aliphatic heterocycles. The quantitative estimate of drug-likeness (QED) is 0.653. The van der Waals surface area contributed by atoms with Gasteiger partial charge in [0.05, 0.1) is 6.20 Å². The third kappa shape index (κ3) is 1.27. The number of benzene rings is 1. The summed E-state index contributed by atoms with van der Waals surface area (Å²) in [5.74, 6) is 1.49. The number of H-pyrrole nitrogens is 1. The average Bonchev–Trinajstić information content (AvgIpc) is 2.81. The number of rotatable bonds is 1. The highest BCUT2D eigenvalue weighted by atomic mass is 16.3. The molecule has 0 unspecified atom stereocenters. The first-order chi connectivity index (χ1) is 7.74. The summed E-state index contributed by atoms with van der Waals surface area (Å²) < 4.78 is 5.52. The zero-order valence-corrected chi connectivity index (χ0v) is 8.82. The number of nitrogens with two attached hydrogens (primary N) is 1. The van der Waals surface area contributed by atoms with Crippen molar-refractivity contribution < 1.29 is 4.42 Å². The lowest BCUT2D eigenvalue weighted by Gasteiger charge is -1.98. The number of aromatic nitrogens is 2. The van der Waals surface area contributed by atoms with E-state index in [-0.39, 0.29) is 0 Å².